The number of hydrogen-bond acceptors (Lipinski definition) is 4. The van der Waals surface area contributed by atoms with Crippen molar-refractivity contribution in [2.45, 2.75) is 44.2 Å². The molecule has 0 bridgehead atoms. The van der Waals surface area contributed by atoms with E-state index in [2.05, 4.69) is 15.1 Å². The highest BCUT2D eigenvalue weighted by Gasteiger charge is 2.40. The molecule has 5 nitrogen and oxygen atoms in total. The summed E-state index contributed by atoms with van der Waals surface area (Å²) in [6.07, 6.45) is 5.06. The molecule has 0 amide bonds. The van der Waals surface area contributed by atoms with Gasteiger partial charge in [0.15, 0.2) is 0 Å². The van der Waals surface area contributed by atoms with Gasteiger partial charge in [-0.3, -0.25) is 15.0 Å². The Morgan fingerprint density at radius 2 is 1.75 bits per heavy atom. The smallest absolute Gasteiger partial charge is 0.324 e. The minimum absolute atomic E-state index is 0.423. The van der Waals surface area contributed by atoms with Crippen LogP contribution in [-0.4, -0.2) is 71.7 Å². The van der Waals surface area contributed by atoms with Gasteiger partial charge >= 0.3 is 5.97 Å². The second kappa shape index (κ2) is 5.62. The molecule has 1 atom stereocenters. The Morgan fingerprint density at radius 1 is 1.15 bits per heavy atom. The summed E-state index contributed by atoms with van der Waals surface area (Å²) in [6, 6.07) is 0.423. The van der Waals surface area contributed by atoms with Crippen LogP contribution in [0, 0.1) is 5.92 Å². The number of nitrogens with one attached hydrogen (secondary N) is 1. The van der Waals surface area contributed by atoms with E-state index in [1.54, 1.807) is 0 Å². The molecule has 1 aliphatic heterocycles. The van der Waals surface area contributed by atoms with Gasteiger partial charge in [0.25, 0.3) is 0 Å². The minimum atomic E-state index is -0.792. The number of hydrogen-bond donors (Lipinski definition) is 2. The van der Waals surface area contributed by atoms with E-state index in [0.717, 1.165) is 44.9 Å². The zero-order valence-electron chi connectivity index (χ0n) is 12.5. The molecule has 1 unspecified atom stereocenters. The van der Waals surface area contributed by atoms with E-state index in [0.29, 0.717) is 12.6 Å². The number of aliphatic carboxylic acids is 1. The number of rotatable bonds is 7. The summed E-state index contributed by atoms with van der Waals surface area (Å²) in [5.41, 5.74) is -0.792. The van der Waals surface area contributed by atoms with Crippen LogP contribution in [0.2, 0.25) is 0 Å². The summed E-state index contributed by atoms with van der Waals surface area (Å²) < 4.78 is 0. The average Bonchev–Trinajstić information content (AvgIpc) is 3.28. The summed E-state index contributed by atoms with van der Waals surface area (Å²) in [6.45, 7) is 7.90. The monoisotopic (exact) mass is 281 g/mol. The third kappa shape index (κ3) is 3.71. The van der Waals surface area contributed by atoms with E-state index in [1.807, 2.05) is 6.92 Å². The highest BCUT2D eigenvalue weighted by molar-refractivity contribution is 5.78. The average molecular weight is 281 g/mol. The Bertz CT molecular complexity index is 360. The van der Waals surface area contributed by atoms with E-state index in [4.69, 9.17) is 0 Å². The van der Waals surface area contributed by atoms with E-state index in [-0.39, 0.29) is 0 Å². The molecule has 2 saturated carbocycles. The van der Waals surface area contributed by atoms with E-state index in [9.17, 15) is 9.90 Å². The maximum Gasteiger partial charge on any atom is 0.324 e. The first-order valence-electron chi connectivity index (χ1n) is 8.01. The van der Waals surface area contributed by atoms with Crippen LogP contribution in [0.3, 0.4) is 0 Å². The molecule has 3 fully saturated rings. The lowest BCUT2D eigenvalue weighted by Gasteiger charge is -2.39. The maximum atomic E-state index is 11.6. The summed E-state index contributed by atoms with van der Waals surface area (Å²) in [7, 11) is 0. The van der Waals surface area contributed by atoms with Crippen molar-refractivity contribution in [1.82, 2.24) is 15.1 Å². The molecule has 2 aliphatic carbocycles. The third-order valence-corrected chi connectivity index (χ3v) is 4.79. The van der Waals surface area contributed by atoms with Gasteiger partial charge < -0.3 is 10.0 Å². The molecule has 0 radical (unpaired) electrons. The highest BCUT2D eigenvalue weighted by Crippen LogP contribution is 2.30. The van der Waals surface area contributed by atoms with E-state index in [1.165, 1.54) is 19.4 Å². The Labute approximate surface area is 121 Å². The molecule has 114 valence electrons. The van der Waals surface area contributed by atoms with Crippen molar-refractivity contribution >= 4 is 5.97 Å². The van der Waals surface area contributed by atoms with Gasteiger partial charge in [0, 0.05) is 45.3 Å². The lowest BCUT2D eigenvalue weighted by atomic mass is 10.0. The summed E-state index contributed by atoms with van der Waals surface area (Å²) >= 11 is 0. The van der Waals surface area contributed by atoms with Crippen molar-refractivity contribution in [3.63, 3.8) is 0 Å². The quantitative estimate of drug-likeness (QED) is 0.716. The van der Waals surface area contributed by atoms with Crippen LogP contribution < -0.4 is 5.32 Å². The molecule has 20 heavy (non-hydrogen) atoms. The van der Waals surface area contributed by atoms with Gasteiger partial charge in [0.05, 0.1) is 0 Å². The molecule has 3 aliphatic rings. The topological polar surface area (TPSA) is 55.8 Å². The van der Waals surface area contributed by atoms with Crippen LogP contribution in [-0.2, 0) is 4.79 Å². The number of carbonyl (C=O) groups is 1. The standard InChI is InChI=1S/C15H27N3O2/c1-15(14(19)20,16-13-4-5-13)11-18-8-6-17(7-9-18)10-12-2-3-12/h12-13,16H,2-11H2,1H3,(H,19,20). The lowest BCUT2D eigenvalue weighted by Crippen LogP contribution is -2.60. The van der Waals surface area contributed by atoms with Gasteiger partial charge in [-0.15, -0.1) is 0 Å². The van der Waals surface area contributed by atoms with Crippen molar-refractivity contribution < 1.29 is 9.90 Å². The van der Waals surface area contributed by atoms with Crippen LogP contribution in [0.1, 0.15) is 32.6 Å². The van der Waals surface area contributed by atoms with Crippen molar-refractivity contribution in [2.75, 3.05) is 39.3 Å². The van der Waals surface area contributed by atoms with Crippen LogP contribution in [0.15, 0.2) is 0 Å². The number of piperazine rings is 1. The molecule has 0 spiro atoms. The molecule has 3 rings (SSSR count). The Kier molecular flexibility index (Phi) is 4.02. The number of carboxylic acids is 1. The van der Waals surface area contributed by atoms with Crippen LogP contribution >= 0.6 is 0 Å². The van der Waals surface area contributed by atoms with Crippen LogP contribution in [0.4, 0.5) is 0 Å². The first-order chi connectivity index (χ1) is 9.55. The molecular formula is C15H27N3O2. The lowest BCUT2D eigenvalue weighted by molar-refractivity contribution is -0.145. The van der Waals surface area contributed by atoms with Gasteiger partial charge in [-0.1, -0.05) is 0 Å². The SMILES string of the molecule is CC(CN1CCN(CC2CC2)CC1)(NC1CC1)C(=O)O. The van der Waals surface area contributed by atoms with Crippen LogP contribution in [0.25, 0.3) is 0 Å². The molecule has 1 saturated heterocycles. The number of nitrogens with zero attached hydrogens (tertiary/aromatic N) is 2. The fourth-order valence-electron chi connectivity index (χ4n) is 3.10. The fraction of sp³-hybridized carbons (Fsp3) is 0.933. The van der Waals surface area contributed by atoms with Crippen molar-refractivity contribution in [3.05, 3.63) is 0 Å². The van der Waals surface area contributed by atoms with Crippen molar-refractivity contribution in [2.24, 2.45) is 5.92 Å². The normalized spacial score (nSPS) is 28.2. The predicted molar refractivity (Wildman–Crippen MR) is 77.8 cm³/mol. The van der Waals surface area contributed by atoms with Crippen molar-refractivity contribution in [3.8, 4) is 0 Å². The summed E-state index contributed by atoms with van der Waals surface area (Å²) in [5, 5.41) is 12.8. The highest BCUT2D eigenvalue weighted by atomic mass is 16.4. The largest absolute Gasteiger partial charge is 0.480 e. The maximum absolute atomic E-state index is 11.6. The predicted octanol–water partition coefficient (Wildman–Crippen LogP) is 0.609. The molecule has 1 heterocycles. The fourth-order valence-corrected chi connectivity index (χ4v) is 3.10. The van der Waals surface area contributed by atoms with Gasteiger partial charge in [-0.25, -0.2) is 0 Å². The Balaban J connectivity index is 1.47. The van der Waals surface area contributed by atoms with Crippen molar-refractivity contribution in [1.29, 1.82) is 0 Å². The first-order valence-corrected chi connectivity index (χ1v) is 8.01. The van der Waals surface area contributed by atoms with Gasteiger partial charge in [0.2, 0.25) is 0 Å². The molecule has 2 N–H and O–H groups in total. The number of carboxylic acid groups (broad SMARTS) is 1. The molecule has 0 aromatic carbocycles. The first kappa shape index (κ1) is 14.3. The summed E-state index contributed by atoms with van der Waals surface area (Å²) in [5.74, 6) is 0.229. The molecule has 0 aromatic rings. The van der Waals surface area contributed by atoms with Gasteiger partial charge in [-0.2, -0.15) is 0 Å². The van der Waals surface area contributed by atoms with E-state index < -0.39 is 11.5 Å². The third-order valence-electron chi connectivity index (χ3n) is 4.79. The molecular weight excluding hydrogens is 254 g/mol. The van der Waals surface area contributed by atoms with Gasteiger partial charge in [-0.05, 0) is 38.5 Å². The molecule has 5 heteroatoms. The Hall–Kier alpha value is -0.650. The zero-order valence-corrected chi connectivity index (χ0v) is 12.5. The van der Waals surface area contributed by atoms with E-state index >= 15 is 0 Å². The minimum Gasteiger partial charge on any atom is -0.480 e. The second-order valence-electron chi connectivity index (χ2n) is 7.08. The van der Waals surface area contributed by atoms with Gasteiger partial charge in [0.1, 0.15) is 5.54 Å². The summed E-state index contributed by atoms with van der Waals surface area (Å²) in [4.78, 5) is 16.4. The second-order valence-corrected chi connectivity index (χ2v) is 7.08. The Morgan fingerprint density at radius 3 is 2.25 bits per heavy atom. The molecule has 0 aromatic heterocycles. The van der Waals surface area contributed by atoms with Crippen LogP contribution in [0.5, 0.6) is 0 Å². The zero-order chi connectivity index (χ0) is 14.2.